The summed E-state index contributed by atoms with van der Waals surface area (Å²) in [5.74, 6) is -2.07. The van der Waals surface area contributed by atoms with Gasteiger partial charge in [-0.05, 0) is 49.7 Å². The van der Waals surface area contributed by atoms with Crippen molar-refractivity contribution in [3.63, 3.8) is 0 Å². The summed E-state index contributed by atoms with van der Waals surface area (Å²) in [7, 11) is 0. The zero-order valence-corrected chi connectivity index (χ0v) is 16.0. The van der Waals surface area contributed by atoms with Crippen molar-refractivity contribution < 1.29 is 23.1 Å². The summed E-state index contributed by atoms with van der Waals surface area (Å²) in [6, 6.07) is 11.0. The maximum absolute atomic E-state index is 13.4. The van der Waals surface area contributed by atoms with Crippen LogP contribution in [0.1, 0.15) is 32.5 Å². The van der Waals surface area contributed by atoms with Gasteiger partial charge in [0.2, 0.25) is 0 Å². The summed E-state index contributed by atoms with van der Waals surface area (Å²) in [5.41, 5.74) is 1.52. The van der Waals surface area contributed by atoms with Gasteiger partial charge in [0.05, 0.1) is 6.61 Å². The Morgan fingerprint density at radius 1 is 1.07 bits per heavy atom. The van der Waals surface area contributed by atoms with E-state index < -0.39 is 23.5 Å². The normalized spacial score (nSPS) is 10.6. The maximum atomic E-state index is 13.4. The Morgan fingerprint density at radius 3 is 2.43 bits per heavy atom. The number of carbonyl (C=O) groups excluding carboxylic acids is 2. The molecule has 1 N–H and O–H groups in total. The topological polar surface area (TPSA) is 55.4 Å². The maximum Gasteiger partial charge on any atom is 0.341 e. The number of nitrogens with one attached hydrogen (secondary N) is 1. The van der Waals surface area contributed by atoms with Crippen LogP contribution in [-0.4, -0.2) is 18.5 Å². The molecule has 0 saturated heterocycles. The Balaban J connectivity index is 2.05. The SMILES string of the molecule is CCOC(=O)c1c(NC(=O)c2cccc(F)c2)sc(C)c1-c1ccc(F)cc1. The molecule has 1 amide bonds. The third-order valence-electron chi connectivity index (χ3n) is 4.01. The molecule has 0 aliphatic rings. The standard InChI is InChI=1S/C21H17F2NO3S/c1-3-27-21(26)18-17(13-7-9-15(22)10-8-13)12(2)28-20(18)24-19(25)14-5-4-6-16(23)11-14/h4-11H,3H2,1-2H3,(H,24,25). The quantitative estimate of drug-likeness (QED) is 0.580. The number of thiophene rings is 1. The lowest BCUT2D eigenvalue weighted by atomic mass is 10.0. The van der Waals surface area contributed by atoms with E-state index in [0.717, 1.165) is 10.9 Å². The van der Waals surface area contributed by atoms with Gasteiger partial charge in [0, 0.05) is 16.0 Å². The first-order chi connectivity index (χ1) is 13.4. The van der Waals surface area contributed by atoms with Gasteiger partial charge < -0.3 is 10.1 Å². The second-order valence-electron chi connectivity index (χ2n) is 5.93. The third kappa shape index (κ3) is 4.09. The van der Waals surface area contributed by atoms with Gasteiger partial charge in [0.15, 0.2) is 0 Å². The van der Waals surface area contributed by atoms with Crippen molar-refractivity contribution in [2.45, 2.75) is 13.8 Å². The van der Waals surface area contributed by atoms with Crippen molar-refractivity contribution in [3.05, 3.63) is 76.2 Å². The minimum absolute atomic E-state index is 0.129. The Kier molecular flexibility index (Phi) is 5.84. The highest BCUT2D eigenvalue weighted by Crippen LogP contribution is 2.40. The summed E-state index contributed by atoms with van der Waals surface area (Å²) in [4.78, 5) is 25.9. The summed E-state index contributed by atoms with van der Waals surface area (Å²) in [6.45, 7) is 3.64. The van der Waals surface area contributed by atoms with Gasteiger partial charge >= 0.3 is 5.97 Å². The largest absolute Gasteiger partial charge is 0.462 e. The summed E-state index contributed by atoms with van der Waals surface area (Å²) < 4.78 is 31.9. The van der Waals surface area contributed by atoms with Gasteiger partial charge in [-0.2, -0.15) is 0 Å². The number of hydrogen-bond acceptors (Lipinski definition) is 4. The number of amides is 1. The molecule has 0 spiro atoms. The van der Waals surface area contributed by atoms with E-state index in [1.165, 1.54) is 41.7 Å². The molecule has 28 heavy (non-hydrogen) atoms. The van der Waals surface area contributed by atoms with Gasteiger partial charge in [-0.1, -0.05) is 18.2 Å². The number of halogens is 2. The van der Waals surface area contributed by atoms with Crippen LogP contribution in [0.4, 0.5) is 13.8 Å². The van der Waals surface area contributed by atoms with Crippen LogP contribution >= 0.6 is 11.3 Å². The molecule has 1 aromatic heterocycles. The fourth-order valence-electron chi connectivity index (χ4n) is 2.80. The van der Waals surface area contributed by atoms with Crippen LogP contribution in [0, 0.1) is 18.6 Å². The number of esters is 1. The number of ether oxygens (including phenoxy) is 1. The van der Waals surface area contributed by atoms with Crippen LogP contribution in [0.2, 0.25) is 0 Å². The van der Waals surface area contributed by atoms with Gasteiger partial charge in [-0.15, -0.1) is 11.3 Å². The molecule has 0 bridgehead atoms. The molecule has 3 aromatic rings. The highest BCUT2D eigenvalue weighted by Gasteiger charge is 2.25. The molecule has 0 atom stereocenters. The predicted octanol–water partition coefficient (Wildman–Crippen LogP) is 5.43. The summed E-state index contributed by atoms with van der Waals surface area (Å²) in [6.07, 6.45) is 0. The fourth-order valence-corrected chi connectivity index (χ4v) is 3.86. The lowest BCUT2D eigenvalue weighted by molar-refractivity contribution is 0.0529. The number of aryl methyl sites for hydroxylation is 1. The summed E-state index contributed by atoms with van der Waals surface area (Å²) >= 11 is 1.20. The average Bonchev–Trinajstić information content (AvgIpc) is 2.98. The Hall–Kier alpha value is -3.06. The van der Waals surface area contributed by atoms with Crippen LogP contribution < -0.4 is 5.32 Å². The van der Waals surface area contributed by atoms with Crippen molar-refractivity contribution >= 4 is 28.2 Å². The predicted molar refractivity (Wildman–Crippen MR) is 105 cm³/mol. The Labute approximate surface area is 164 Å². The second-order valence-corrected chi connectivity index (χ2v) is 7.15. The Bertz CT molecular complexity index is 1030. The van der Waals surface area contributed by atoms with Crippen LogP contribution in [0.25, 0.3) is 11.1 Å². The van der Waals surface area contributed by atoms with E-state index in [-0.39, 0.29) is 17.7 Å². The number of benzene rings is 2. The van der Waals surface area contributed by atoms with Crippen LogP contribution in [-0.2, 0) is 4.74 Å². The first-order valence-corrected chi connectivity index (χ1v) is 9.35. The van der Waals surface area contributed by atoms with E-state index in [0.29, 0.717) is 16.1 Å². The van der Waals surface area contributed by atoms with Crippen molar-refractivity contribution in [2.75, 3.05) is 11.9 Å². The fraction of sp³-hybridized carbons (Fsp3) is 0.143. The van der Waals surface area contributed by atoms with Crippen molar-refractivity contribution in [3.8, 4) is 11.1 Å². The first kappa shape index (κ1) is 19.7. The molecule has 0 unspecified atom stereocenters. The van der Waals surface area contributed by atoms with Gasteiger partial charge in [0.1, 0.15) is 22.2 Å². The second kappa shape index (κ2) is 8.31. The van der Waals surface area contributed by atoms with Crippen LogP contribution in [0.5, 0.6) is 0 Å². The van der Waals surface area contributed by atoms with Crippen molar-refractivity contribution in [2.24, 2.45) is 0 Å². The minimum atomic E-state index is -0.597. The van der Waals surface area contributed by atoms with Gasteiger partial charge in [-0.3, -0.25) is 4.79 Å². The van der Waals surface area contributed by atoms with E-state index in [4.69, 9.17) is 4.74 Å². The third-order valence-corrected chi connectivity index (χ3v) is 5.03. The van der Waals surface area contributed by atoms with Crippen molar-refractivity contribution in [1.29, 1.82) is 0 Å². The Morgan fingerprint density at radius 2 is 1.79 bits per heavy atom. The highest BCUT2D eigenvalue weighted by molar-refractivity contribution is 7.17. The number of anilines is 1. The molecule has 0 radical (unpaired) electrons. The first-order valence-electron chi connectivity index (χ1n) is 8.54. The average molecular weight is 401 g/mol. The monoisotopic (exact) mass is 401 g/mol. The number of rotatable bonds is 5. The van der Waals surface area contributed by atoms with E-state index in [2.05, 4.69) is 5.32 Å². The lowest BCUT2D eigenvalue weighted by Gasteiger charge is -2.09. The lowest BCUT2D eigenvalue weighted by Crippen LogP contribution is -2.15. The highest BCUT2D eigenvalue weighted by atomic mass is 32.1. The molecule has 7 heteroatoms. The van der Waals surface area contributed by atoms with Crippen molar-refractivity contribution in [1.82, 2.24) is 0 Å². The van der Waals surface area contributed by atoms with E-state index in [1.807, 2.05) is 0 Å². The summed E-state index contributed by atoms with van der Waals surface area (Å²) in [5, 5.41) is 2.97. The smallest absolute Gasteiger partial charge is 0.341 e. The molecule has 1 heterocycles. The number of hydrogen-bond donors (Lipinski definition) is 1. The van der Waals surface area contributed by atoms with E-state index in [9.17, 15) is 18.4 Å². The van der Waals surface area contributed by atoms with Crippen LogP contribution in [0.3, 0.4) is 0 Å². The minimum Gasteiger partial charge on any atom is -0.462 e. The molecular formula is C21H17F2NO3S. The molecule has 3 rings (SSSR count). The molecule has 0 aliphatic heterocycles. The molecule has 2 aromatic carbocycles. The van der Waals surface area contributed by atoms with Gasteiger partial charge in [-0.25, -0.2) is 13.6 Å². The molecule has 0 fully saturated rings. The number of carbonyl (C=O) groups is 2. The van der Waals surface area contributed by atoms with E-state index >= 15 is 0 Å². The van der Waals surface area contributed by atoms with Crippen LogP contribution in [0.15, 0.2) is 48.5 Å². The van der Waals surface area contributed by atoms with E-state index in [1.54, 1.807) is 26.0 Å². The molecular weight excluding hydrogens is 384 g/mol. The molecule has 0 aliphatic carbocycles. The molecule has 144 valence electrons. The van der Waals surface area contributed by atoms with Gasteiger partial charge in [0.25, 0.3) is 5.91 Å². The zero-order chi connectivity index (χ0) is 20.3. The zero-order valence-electron chi connectivity index (χ0n) is 15.2. The molecule has 4 nitrogen and oxygen atoms in total. The molecule has 0 saturated carbocycles.